The molecule has 0 aliphatic carbocycles. The first-order valence-corrected chi connectivity index (χ1v) is 10.4. The molecule has 0 fully saturated rings. The van der Waals surface area contributed by atoms with Crippen LogP contribution in [-0.2, 0) is 6.61 Å². The molecule has 0 atom stereocenters. The van der Waals surface area contributed by atoms with Crippen molar-refractivity contribution in [1.82, 2.24) is 20.2 Å². The Labute approximate surface area is 178 Å². The van der Waals surface area contributed by atoms with Crippen molar-refractivity contribution in [1.29, 1.82) is 0 Å². The second kappa shape index (κ2) is 10.0. The van der Waals surface area contributed by atoms with Gasteiger partial charge in [0.25, 0.3) is 5.91 Å². The van der Waals surface area contributed by atoms with Crippen molar-refractivity contribution in [3.63, 3.8) is 0 Å². The smallest absolute Gasteiger partial charge is 0.257 e. The molecule has 29 heavy (non-hydrogen) atoms. The largest absolute Gasteiger partial charge is 0.489 e. The van der Waals surface area contributed by atoms with Gasteiger partial charge >= 0.3 is 0 Å². The molecular formula is C20H21N5O2S2. The number of thiocarbonyl (C=S) groups is 1. The third-order valence-corrected chi connectivity index (χ3v) is 4.88. The summed E-state index contributed by atoms with van der Waals surface area (Å²) < 4.78 is 7.39. The molecule has 7 nitrogen and oxygen atoms in total. The Hall–Kier alpha value is -2.91. The van der Waals surface area contributed by atoms with Crippen LogP contribution in [0.4, 0.5) is 0 Å². The molecular weight excluding hydrogens is 406 g/mol. The number of rotatable bonds is 7. The third-order valence-electron chi connectivity index (χ3n) is 3.87. The van der Waals surface area contributed by atoms with E-state index in [1.165, 1.54) is 11.8 Å². The summed E-state index contributed by atoms with van der Waals surface area (Å²) in [5.74, 6) is 1.87. The van der Waals surface area contributed by atoms with Crippen molar-refractivity contribution in [2.75, 3.05) is 11.2 Å². The molecule has 1 heterocycles. The summed E-state index contributed by atoms with van der Waals surface area (Å²) in [4.78, 5) is 12.4. The Morgan fingerprint density at radius 1 is 1.14 bits per heavy atom. The fourth-order valence-corrected chi connectivity index (χ4v) is 3.29. The van der Waals surface area contributed by atoms with Gasteiger partial charge in [-0.2, -0.15) is 0 Å². The molecule has 1 aromatic heterocycles. The monoisotopic (exact) mass is 427 g/mol. The van der Waals surface area contributed by atoms with E-state index in [1.807, 2.05) is 37.3 Å². The molecule has 3 rings (SSSR count). The van der Waals surface area contributed by atoms with E-state index >= 15 is 0 Å². The minimum absolute atomic E-state index is 0.167. The molecule has 150 valence electrons. The first kappa shape index (κ1) is 20.8. The van der Waals surface area contributed by atoms with Crippen molar-refractivity contribution in [3.8, 4) is 5.75 Å². The number of aromatic nitrogens is 3. The molecule has 0 aliphatic heterocycles. The number of hydrogen-bond acceptors (Lipinski definition) is 6. The second-order valence-corrected chi connectivity index (χ2v) is 7.63. The van der Waals surface area contributed by atoms with Crippen LogP contribution in [0.25, 0.3) is 0 Å². The molecule has 2 N–H and O–H groups in total. The number of ether oxygens (including phenoxy) is 1. The topological polar surface area (TPSA) is 81.1 Å². The Kier molecular flexibility index (Phi) is 7.20. The van der Waals surface area contributed by atoms with Crippen molar-refractivity contribution in [2.24, 2.45) is 0 Å². The Bertz CT molecular complexity index is 974. The maximum absolute atomic E-state index is 12.4. The minimum Gasteiger partial charge on any atom is -0.489 e. The lowest BCUT2D eigenvalue weighted by Gasteiger charge is -2.13. The van der Waals surface area contributed by atoms with Gasteiger partial charge < -0.3 is 4.74 Å². The summed E-state index contributed by atoms with van der Waals surface area (Å²) >= 11 is 6.77. The highest BCUT2D eigenvalue weighted by atomic mass is 32.2. The Morgan fingerprint density at radius 3 is 2.55 bits per heavy atom. The maximum atomic E-state index is 12.4. The molecule has 0 radical (unpaired) electrons. The van der Waals surface area contributed by atoms with Gasteiger partial charge in [-0.05, 0) is 54.7 Å². The quantitative estimate of drug-likeness (QED) is 0.441. The Morgan fingerprint density at radius 2 is 1.86 bits per heavy atom. The average Bonchev–Trinajstić information content (AvgIpc) is 3.07. The number of carbonyl (C=O) groups is 1. The van der Waals surface area contributed by atoms with Crippen LogP contribution in [-0.4, -0.2) is 31.6 Å². The van der Waals surface area contributed by atoms with Crippen LogP contribution in [0.15, 0.2) is 59.8 Å². The molecule has 0 unspecified atom stereocenters. The van der Waals surface area contributed by atoms with Crippen molar-refractivity contribution < 1.29 is 9.53 Å². The molecule has 9 heteroatoms. The summed E-state index contributed by atoms with van der Waals surface area (Å²) in [6.45, 7) is 4.29. The first-order chi connectivity index (χ1) is 14.1. The van der Waals surface area contributed by atoms with Crippen LogP contribution >= 0.6 is 24.0 Å². The SMILES string of the molecule is CCSc1nnc(C)n1NC(=S)NC(=O)c1ccc(OCc2ccccc2)cc1. The number of carbonyl (C=O) groups excluding carboxylic acids is 1. The predicted octanol–water partition coefficient (Wildman–Crippen LogP) is 3.54. The zero-order valence-corrected chi connectivity index (χ0v) is 17.7. The minimum atomic E-state index is -0.312. The lowest BCUT2D eigenvalue weighted by atomic mass is 10.2. The van der Waals surface area contributed by atoms with E-state index in [9.17, 15) is 4.79 Å². The summed E-state index contributed by atoms with van der Waals surface area (Å²) in [6, 6.07) is 16.8. The van der Waals surface area contributed by atoms with Gasteiger partial charge in [-0.15, -0.1) is 10.2 Å². The maximum Gasteiger partial charge on any atom is 0.257 e. The van der Waals surface area contributed by atoms with Crippen LogP contribution in [0.2, 0.25) is 0 Å². The summed E-state index contributed by atoms with van der Waals surface area (Å²) in [5, 5.41) is 11.6. The van der Waals surface area contributed by atoms with Gasteiger partial charge in [0.05, 0.1) is 0 Å². The average molecular weight is 428 g/mol. The van der Waals surface area contributed by atoms with Gasteiger partial charge in [-0.3, -0.25) is 15.5 Å². The van der Waals surface area contributed by atoms with Crippen LogP contribution in [0, 0.1) is 6.92 Å². The van der Waals surface area contributed by atoms with Crippen LogP contribution < -0.4 is 15.5 Å². The number of amides is 1. The zero-order chi connectivity index (χ0) is 20.6. The van der Waals surface area contributed by atoms with Crippen molar-refractivity contribution in [2.45, 2.75) is 25.6 Å². The molecule has 3 aromatic rings. The molecule has 0 aliphatic rings. The van der Waals surface area contributed by atoms with Gasteiger partial charge in [0.15, 0.2) is 5.11 Å². The van der Waals surface area contributed by atoms with Crippen molar-refractivity contribution >= 4 is 35.0 Å². The van der Waals surface area contributed by atoms with Gasteiger partial charge in [-0.25, -0.2) is 4.68 Å². The number of thioether (sulfide) groups is 1. The van der Waals surface area contributed by atoms with E-state index in [0.717, 1.165) is 11.3 Å². The van der Waals surface area contributed by atoms with E-state index in [1.54, 1.807) is 35.9 Å². The Balaban J connectivity index is 1.55. The number of nitrogens with one attached hydrogen (secondary N) is 2. The van der Waals surface area contributed by atoms with Gasteiger partial charge in [0, 0.05) is 5.56 Å². The standard InChI is InChI=1S/C20H21N5O2S2/c1-3-29-20-23-22-14(2)25(20)24-19(28)21-18(26)16-9-11-17(12-10-16)27-13-15-7-5-4-6-8-15/h4-12H,3,13H2,1-2H3,(H2,21,24,26,28). The van der Waals surface area contributed by atoms with Gasteiger partial charge in [-0.1, -0.05) is 49.0 Å². The molecule has 1 amide bonds. The normalized spacial score (nSPS) is 10.4. The van der Waals surface area contributed by atoms with E-state index in [0.29, 0.717) is 28.9 Å². The molecule has 0 saturated carbocycles. The summed E-state index contributed by atoms with van der Waals surface area (Å²) in [5.41, 5.74) is 4.50. The molecule has 0 spiro atoms. The molecule has 0 bridgehead atoms. The van der Waals surface area contributed by atoms with E-state index in [4.69, 9.17) is 17.0 Å². The highest BCUT2D eigenvalue weighted by molar-refractivity contribution is 7.99. The molecule has 0 saturated heterocycles. The van der Waals surface area contributed by atoms with Crippen molar-refractivity contribution in [3.05, 3.63) is 71.5 Å². The van der Waals surface area contributed by atoms with Gasteiger partial charge in [0.2, 0.25) is 5.16 Å². The number of benzene rings is 2. The number of aryl methyl sites for hydroxylation is 1. The second-order valence-electron chi connectivity index (χ2n) is 5.99. The highest BCUT2D eigenvalue weighted by Crippen LogP contribution is 2.15. The fourth-order valence-electron chi connectivity index (χ4n) is 2.44. The highest BCUT2D eigenvalue weighted by Gasteiger charge is 2.12. The van der Waals surface area contributed by atoms with E-state index in [-0.39, 0.29) is 11.0 Å². The first-order valence-electron chi connectivity index (χ1n) is 9.00. The lowest BCUT2D eigenvalue weighted by Crippen LogP contribution is -2.38. The predicted molar refractivity (Wildman–Crippen MR) is 118 cm³/mol. The van der Waals surface area contributed by atoms with Gasteiger partial charge in [0.1, 0.15) is 18.2 Å². The molecule has 2 aromatic carbocycles. The van der Waals surface area contributed by atoms with E-state index < -0.39 is 0 Å². The van der Waals surface area contributed by atoms with Crippen LogP contribution in [0.5, 0.6) is 5.75 Å². The summed E-state index contributed by atoms with van der Waals surface area (Å²) in [7, 11) is 0. The zero-order valence-electron chi connectivity index (χ0n) is 16.1. The third kappa shape index (κ3) is 5.78. The fraction of sp³-hybridized carbons (Fsp3) is 0.200. The lowest BCUT2D eigenvalue weighted by molar-refractivity contribution is 0.0977. The number of nitrogens with zero attached hydrogens (tertiary/aromatic N) is 3. The van der Waals surface area contributed by atoms with Crippen LogP contribution in [0.3, 0.4) is 0 Å². The van der Waals surface area contributed by atoms with E-state index in [2.05, 4.69) is 20.9 Å². The number of hydrogen-bond donors (Lipinski definition) is 2. The van der Waals surface area contributed by atoms with Crippen LogP contribution in [0.1, 0.15) is 28.7 Å². The summed E-state index contributed by atoms with van der Waals surface area (Å²) in [6.07, 6.45) is 0.